The second-order valence-electron chi connectivity index (χ2n) is 7.35. The number of benzene rings is 1. The average Bonchev–Trinajstić information content (AvgIpc) is 3.28. The van der Waals surface area contributed by atoms with Crippen LogP contribution in [-0.2, 0) is 17.5 Å². The summed E-state index contributed by atoms with van der Waals surface area (Å²) in [4.78, 5) is 24.5. The van der Waals surface area contributed by atoms with E-state index < -0.39 is 11.7 Å². The van der Waals surface area contributed by atoms with Crippen LogP contribution in [0.5, 0.6) is 0 Å². The lowest BCUT2D eigenvalue weighted by atomic mass is 10.0. The quantitative estimate of drug-likeness (QED) is 0.585. The van der Waals surface area contributed by atoms with Gasteiger partial charge in [0.05, 0.1) is 39.3 Å². The highest BCUT2D eigenvalue weighted by molar-refractivity contribution is 7.16. The predicted octanol–water partition coefficient (Wildman–Crippen LogP) is 4.76. The molecule has 2 aromatic heterocycles. The second kappa shape index (κ2) is 8.30. The van der Waals surface area contributed by atoms with E-state index in [0.29, 0.717) is 16.4 Å². The summed E-state index contributed by atoms with van der Waals surface area (Å²) in [5.74, 6) is -0.609. The smallest absolute Gasteiger partial charge is 0.314 e. The molecule has 0 radical (unpaired) electrons. The van der Waals surface area contributed by atoms with Crippen molar-refractivity contribution in [2.24, 2.45) is 5.92 Å². The van der Waals surface area contributed by atoms with Gasteiger partial charge in [-0.3, -0.25) is 9.69 Å². The lowest BCUT2D eigenvalue weighted by Crippen LogP contribution is -2.53. The monoisotopic (exact) mass is 468 g/mol. The number of rotatable bonds is 5. The molecule has 1 aromatic carbocycles. The van der Waals surface area contributed by atoms with Crippen molar-refractivity contribution >= 4 is 33.7 Å². The Hall–Kier alpha value is -2.34. The van der Waals surface area contributed by atoms with Crippen molar-refractivity contribution in [1.29, 1.82) is 0 Å². The van der Waals surface area contributed by atoms with Crippen molar-refractivity contribution in [2.45, 2.75) is 26.6 Å². The van der Waals surface area contributed by atoms with Gasteiger partial charge in [-0.15, -0.1) is 22.7 Å². The van der Waals surface area contributed by atoms with E-state index in [1.54, 1.807) is 0 Å². The average molecular weight is 469 g/mol. The Morgan fingerprint density at radius 3 is 2.45 bits per heavy atom. The number of carbonyl (C=O) groups is 1. The largest absolute Gasteiger partial charge is 0.416 e. The summed E-state index contributed by atoms with van der Waals surface area (Å²) in [6, 6.07) is 4.75. The van der Waals surface area contributed by atoms with Crippen LogP contribution in [0, 0.1) is 19.8 Å². The van der Waals surface area contributed by atoms with Gasteiger partial charge >= 0.3 is 6.18 Å². The number of hydrogen-bond donors (Lipinski definition) is 1. The Kier molecular flexibility index (Phi) is 5.86. The Bertz CT molecular complexity index is 1090. The molecule has 4 rings (SSSR count). The fourth-order valence-electron chi connectivity index (χ4n) is 3.31. The molecule has 0 spiro atoms. The van der Waals surface area contributed by atoms with Crippen molar-refractivity contribution in [3.05, 3.63) is 51.5 Å². The van der Waals surface area contributed by atoms with E-state index in [1.807, 2.05) is 19.2 Å². The van der Waals surface area contributed by atoms with Crippen molar-refractivity contribution in [3.8, 4) is 10.6 Å². The van der Waals surface area contributed by atoms with Gasteiger partial charge in [-0.2, -0.15) is 18.2 Å². The Morgan fingerprint density at radius 1 is 1.23 bits per heavy atom. The van der Waals surface area contributed by atoms with Gasteiger partial charge in [0.15, 0.2) is 5.13 Å². The topological polar surface area (TPSA) is 69.6 Å². The van der Waals surface area contributed by atoms with Gasteiger partial charge in [-0.05, 0) is 31.5 Å². The Morgan fingerprint density at radius 2 is 1.90 bits per heavy atom. The number of carbonyl (C=O) groups excluding carboxylic acids is 1. The van der Waals surface area contributed by atoms with E-state index in [1.165, 1.54) is 39.7 Å². The predicted molar refractivity (Wildman–Crippen MR) is 112 cm³/mol. The normalized spacial score (nSPS) is 15.2. The Labute approximate surface area is 184 Å². The summed E-state index contributed by atoms with van der Waals surface area (Å²) >= 11 is 2.81. The van der Waals surface area contributed by atoms with E-state index in [4.69, 9.17) is 0 Å². The molecule has 1 fully saturated rings. The van der Waals surface area contributed by atoms with Crippen LogP contribution in [0.4, 0.5) is 18.3 Å². The number of halogens is 3. The third kappa shape index (κ3) is 4.64. The molecule has 0 saturated carbocycles. The van der Waals surface area contributed by atoms with Crippen LogP contribution in [0.25, 0.3) is 10.6 Å². The highest BCUT2D eigenvalue weighted by atomic mass is 32.1. The molecule has 3 heterocycles. The molecule has 0 bridgehead atoms. The number of alkyl halides is 3. The number of thiazole rings is 2. The fourth-order valence-corrected chi connectivity index (χ4v) is 5.09. The minimum atomic E-state index is -4.42. The first-order valence-electron chi connectivity index (χ1n) is 9.43. The lowest BCUT2D eigenvalue weighted by Gasteiger charge is -2.35. The molecule has 0 atom stereocenters. The third-order valence-electron chi connectivity index (χ3n) is 4.96. The van der Waals surface area contributed by atoms with Gasteiger partial charge in [0.25, 0.3) is 0 Å². The van der Waals surface area contributed by atoms with Crippen LogP contribution >= 0.6 is 22.7 Å². The summed E-state index contributed by atoms with van der Waals surface area (Å²) in [5, 5.41) is 13.7. The first kappa shape index (κ1) is 21.9. The number of nitrogens with zero attached hydrogens (tertiary/aromatic N) is 4. The zero-order valence-corrected chi connectivity index (χ0v) is 18.3. The zero-order chi connectivity index (χ0) is 22.3. The van der Waals surface area contributed by atoms with E-state index in [0.717, 1.165) is 32.8 Å². The van der Waals surface area contributed by atoms with Crippen LogP contribution in [-0.4, -0.2) is 39.2 Å². The first-order valence-corrected chi connectivity index (χ1v) is 11.1. The van der Waals surface area contributed by atoms with Crippen LogP contribution in [0.3, 0.4) is 0 Å². The molecule has 0 aliphatic carbocycles. The van der Waals surface area contributed by atoms with Crippen LogP contribution in [0.15, 0.2) is 29.6 Å². The number of aryl methyl sites for hydroxylation is 2. The molecule has 0 unspecified atom stereocenters. The standard InChI is InChI=1S/C20H19F3N4O2S2/c1-11-17(31-12(2)24-11)16-10-30-19(25-16)27(18(28)14-8-26(29)9-14)7-13-3-5-15(6-4-13)20(21,22)23/h3-6,10,14,29H,7-9H2,1-2H3. The molecule has 1 aliphatic rings. The van der Waals surface area contributed by atoms with Crippen molar-refractivity contribution in [1.82, 2.24) is 15.0 Å². The lowest BCUT2D eigenvalue weighted by molar-refractivity contribution is -0.176. The number of hydrogen-bond acceptors (Lipinski definition) is 7. The highest BCUT2D eigenvalue weighted by Gasteiger charge is 2.36. The molecule has 31 heavy (non-hydrogen) atoms. The van der Waals surface area contributed by atoms with Gasteiger partial charge in [0.1, 0.15) is 0 Å². The maximum absolute atomic E-state index is 13.1. The van der Waals surface area contributed by atoms with Gasteiger partial charge in [0.2, 0.25) is 5.91 Å². The summed E-state index contributed by atoms with van der Waals surface area (Å²) in [7, 11) is 0. The van der Waals surface area contributed by atoms with E-state index in [-0.39, 0.29) is 31.5 Å². The number of aromatic nitrogens is 2. The molecule has 1 N–H and O–H groups in total. The second-order valence-corrected chi connectivity index (χ2v) is 9.39. The summed E-state index contributed by atoms with van der Waals surface area (Å²) in [6.45, 7) is 4.33. The SMILES string of the molecule is Cc1nc(C)c(-c2csc(N(Cc3ccc(C(F)(F)F)cc3)C(=O)C3CN(O)C3)n2)s1. The molecule has 6 nitrogen and oxygen atoms in total. The minimum Gasteiger partial charge on any atom is -0.314 e. The fraction of sp³-hybridized carbons (Fsp3) is 0.350. The van der Waals surface area contributed by atoms with Gasteiger partial charge < -0.3 is 5.21 Å². The number of hydroxylamine groups is 2. The molecule has 164 valence electrons. The van der Waals surface area contributed by atoms with E-state index >= 15 is 0 Å². The Balaban J connectivity index is 1.62. The summed E-state index contributed by atoms with van der Waals surface area (Å²) in [6.07, 6.45) is -4.42. The minimum absolute atomic E-state index is 0.0898. The maximum atomic E-state index is 13.1. The molecule has 1 aliphatic heterocycles. The zero-order valence-electron chi connectivity index (χ0n) is 16.7. The van der Waals surface area contributed by atoms with Crippen molar-refractivity contribution in [3.63, 3.8) is 0 Å². The molecular formula is C20H19F3N4O2S2. The third-order valence-corrected chi connectivity index (χ3v) is 6.92. The molecule has 11 heteroatoms. The number of anilines is 1. The van der Waals surface area contributed by atoms with Gasteiger partial charge in [0, 0.05) is 18.5 Å². The van der Waals surface area contributed by atoms with Crippen LogP contribution in [0.2, 0.25) is 0 Å². The van der Waals surface area contributed by atoms with Crippen LogP contribution < -0.4 is 4.90 Å². The van der Waals surface area contributed by atoms with Gasteiger partial charge in [-0.1, -0.05) is 12.1 Å². The molecule has 1 amide bonds. The van der Waals surface area contributed by atoms with E-state index in [2.05, 4.69) is 9.97 Å². The first-order chi connectivity index (χ1) is 14.6. The highest BCUT2D eigenvalue weighted by Crippen LogP contribution is 2.35. The summed E-state index contributed by atoms with van der Waals surface area (Å²) < 4.78 is 38.6. The number of amides is 1. The van der Waals surface area contributed by atoms with E-state index in [9.17, 15) is 23.2 Å². The molecular weight excluding hydrogens is 449 g/mol. The van der Waals surface area contributed by atoms with Crippen molar-refractivity contribution in [2.75, 3.05) is 18.0 Å². The van der Waals surface area contributed by atoms with Crippen molar-refractivity contribution < 1.29 is 23.2 Å². The molecule has 3 aromatic rings. The van der Waals surface area contributed by atoms with Gasteiger partial charge in [-0.25, -0.2) is 9.97 Å². The summed E-state index contributed by atoms with van der Waals surface area (Å²) in [5.41, 5.74) is 1.39. The van der Waals surface area contributed by atoms with Crippen LogP contribution in [0.1, 0.15) is 21.8 Å². The maximum Gasteiger partial charge on any atom is 0.416 e. The molecule has 1 saturated heterocycles.